The van der Waals surface area contributed by atoms with Crippen LogP contribution >= 0.6 is 19.4 Å². The van der Waals surface area contributed by atoms with E-state index in [2.05, 4.69) is 9.71 Å². The Labute approximate surface area is 277 Å². The van der Waals surface area contributed by atoms with Gasteiger partial charge in [0.25, 0.3) is 0 Å². The second-order valence-electron chi connectivity index (χ2n) is 13.3. The molecule has 0 saturated heterocycles. The molecule has 0 aliphatic carbocycles. The fraction of sp³-hybridized carbons (Fsp3) is 0.375. The number of nitrogens with one attached hydrogen (secondary N) is 1. The fourth-order valence-electron chi connectivity index (χ4n) is 6.13. The first-order valence-corrected chi connectivity index (χ1v) is 18.2. The Morgan fingerprint density at radius 1 is 1.02 bits per heavy atom. The van der Waals surface area contributed by atoms with Crippen molar-refractivity contribution in [2.24, 2.45) is 10.8 Å². The Morgan fingerprint density at radius 2 is 1.62 bits per heavy atom. The minimum Gasteiger partial charge on any atom is -0.303 e. The summed E-state index contributed by atoms with van der Waals surface area (Å²) in [6.45, 7) is 11.7. The van der Waals surface area contributed by atoms with Crippen LogP contribution in [0, 0.1) is 22.5 Å². The number of nitrogens with zero attached hydrogens (tertiary/aromatic N) is 2. The van der Waals surface area contributed by atoms with Crippen molar-refractivity contribution >= 4 is 52.0 Å². The molecule has 0 unspecified atom stereocenters. The van der Waals surface area contributed by atoms with Gasteiger partial charge in [0.2, 0.25) is 15.8 Å². The Bertz CT molecular complexity index is 1980. The molecule has 0 aliphatic rings. The molecule has 4 rings (SSSR count). The van der Waals surface area contributed by atoms with Crippen LogP contribution in [-0.2, 0) is 24.8 Å². The molecular formula is C32H37ClF2N3O7PS. The van der Waals surface area contributed by atoms with Crippen LogP contribution in [0.3, 0.4) is 0 Å². The molecular weight excluding hydrogens is 675 g/mol. The third-order valence-electron chi connectivity index (χ3n) is 7.75. The van der Waals surface area contributed by atoms with E-state index in [9.17, 15) is 27.6 Å². The van der Waals surface area contributed by atoms with Crippen molar-refractivity contribution in [1.82, 2.24) is 9.55 Å². The van der Waals surface area contributed by atoms with E-state index in [0.29, 0.717) is 16.1 Å². The number of pyridine rings is 1. The van der Waals surface area contributed by atoms with E-state index in [-0.39, 0.29) is 28.8 Å². The summed E-state index contributed by atoms with van der Waals surface area (Å²) in [5, 5.41) is 0.560. The predicted molar refractivity (Wildman–Crippen MR) is 178 cm³/mol. The lowest BCUT2D eigenvalue weighted by Gasteiger charge is -2.53. The van der Waals surface area contributed by atoms with Gasteiger partial charge in [-0.3, -0.25) is 14.0 Å². The molecule has 0 amide bonds. The molecule has 0 radical (unpaired) electrons. The SMILES string of the molecule is CCCS(=O)(=O)Nc1ccc(F)c(C(=O)c2cn(C(OP(=O)(O)O)(C(C)(C)C)C(C)(C)C)c3ncc(-c4ccc(Cl)cc4)cc23)c1F. The molecule has 0 fully saturated rings. The van der Waals surface area contributed by atoms with E-state index >= 15 is 8.78 Å². The van der Waals surface area contributed by atoms with Gasteiger partial charge in [0.1, 0.15) is 11.5 Å². The highest BCUT2D eigenvalue weighted by molar-refractivity contribution is 7.92. The lowest BCUT2D eigenvalue weighted by Crippen LogP contribution is -2.56. The number of carbonyl (C=O) groups is 1. The maximum Gasteiger partial charge on any atom is 0.471 e. The van der Waals surface area contributed by atoms with Crippen LogP contribution < -0.4 is 4.72 Å². The van der Waals surface area contributed by atoms with E-state index < -0.39 is 63.1 Å². The fourth-order valence-corrected chi connectivity index (χ4v) is 8.37. The number of phosphoric ester groups is 1. The van der Waals surface area contributed by atoms with Gasteiger partial charge in [0.15, 0.2) is 11.5 Å². The number of anilines is 1. The summed E-state index contributed by atoms with van der Waals surface area (Å²) in [5.41, 5.74) is -4.85. The largest absolute Gasteiger partial charge is 0.471 e. The average molecular weight is 712 g/mol. The number of aromatic nitrogens is 2. The van der Waals surface area contributed by atoms with Gasteiger partial charge in [0, 0.05) is 39.2 Å². The summed E-state index contributed by atoms with van der Waals surface area (Å²) < 4.78 is 77.7. The van der Waals surface area contributed by atoms with E-state index in [1.54, 1.807) is 78.8 Å². The van der Waals surface area contributed by atoms with Gasteiger partial charge in [-0.2, -0.15) is 0 Å². The normalized spacial score (nSPS) is 13.3. The number of phosphoric acid groups is 1. The number of hydrogen-bond donors (Lipinski definition) is 3. The van der Waals surface area contributed by atoms with Gasteiger partial charge >= 0.3 is 7.82 Å². The first-order chi connectivity index (χ1) is 21.5. The lowest BCUT2D eigenvalue weighted by atomic mass is 9.68. The molecule has 0 aliphatic heterocycles. The Balaban J connectivity index is 2.10. The highest BCUT2D eigenvalue weighted by atomic mass is 35.5. The van der Waals surface area contributed by atoms with E-state index in [0.717, 1.165) is 12.1 Å². The van der Waals surface area contributed by atoms with Crippen molar-refractivity contribution < 1.29 is 40.9 Å². The topological polar surface area (TPSA) is 148 Å². The molecule has 254 valence electrons. The number of sulfonamides is 1. The van der Waals surface area contributed by atoms with Crippen LogP contribution in [-0.4, -0.2) is 39.3 Å². The second-order valence-corrected chi connectivity index (χ2v) is 16.7. The molecule has 0 saturated carbocycles. The summed E-state index contributed by atoms with van der Waals surface area (Å²) in [5.74, 6) is -4.18. The minimum absolute atomic E-state index is 0.0324. The third-order valence-corrected chi connectivity index (χ3v) is 9.98. The van der Waals surface area contributed by atoms with Gasteiger partial charge in [-0.15, -0.1) is 0 Å². The number of carbonyl (C=O) groups excluding carboxylic acids is 1. The number of halogens is 3. The summed E-state index contributed by atoms with van der Waals surface area (Å²) in [6.07, 6.45) is 2.92. The maximum absolute atomic E-state index is 15.9. The summed E-state index contributed by atoms with van der Waals surface area (Å²) >= 11 is 6.07. The number of rotatable bonds is 10. The average Bonchev–Trinajstić information content (AvgIpc) is 3.30. The van der Waals surface area contributed by atoms with Crippen LogP contribution in [0.5, 0.6) is 0 Å². The standard InChI is InChI=1S/C32H37ClF2N3O7PS/c1-8-15-47(43,44)37-25-14-13-24(34)26(27(25)35)28(39)23-18-38(32(30(2,3)4,31(5,6)7)45-46(40,41)42)29-22(23)16-20(17-36-29)19-9-11-21(33)12-10-19/h9-14,16-18,37H,8,15H2,1-7H3,(H2,40,41,42). The van der Waals surface area contributed by atoms with E-state index in [1.807, 2.05) is 0 Å². The van der Waals surface area contributed by atoms with Crippen molar-refractivity contribution in [3.63, 3.8) is 0 Å². The maximum atomic E-state index is 15.9. The van der Waals surface area contributed by atoms with Crippen LogP contribution in [0.15, 0.2) is 54.9 Å². The molecule has 3 N–H and O–H groups in total. The molecule has 0 bridgehead atoms. The third kappa shape index (κ3) is 7.16. The molecule has 4 aromatic rings. The summed E-state index contributed by atoms with van der Waals surface area (Å²) in [4.78, 5) is 39.2. The van der Waals surface area contributed by atoms with Crippen LogP contribution in [0.1, 0.15) is 70.8 Å². The zero-order valence-corrected chi connectivity index (χ0v) is 29.4. The molecule has 10 nitrogen and oxygen atoms in total. The smallest absolute Gasteiger partial charge is 0.303 e. The van der Waals surface area contributed by atoms with Crippen molar-refractivity contribution in [2.75, 3.05) is 10.5 Å². The van der Waals surface area contributed by atoms with Gasteiger partial charge in [0.05, 0.1) is 22.6 Å². The highest BCUT2D eigenvalue weighted by Crippen LogP contribution is 2.59. The molecule has 2 aromatic carbocycles. The predicted octanol–water partition coefficient (Wildman–Crippen LogP) is 7.87. The monoisotopic (exact) mass is 711 g/mol. The molecule has 2 heterocycles. The van der Waals surface area contributed by atoms with Crippen molar-refractivity contribution in [3.8, 4) is 11.1 Å². The van der Waals surface area contributed by atoms with E-state index in [4.69, 9.17) is 16.1 Å². The van der Waals surface area contributed by atoms with Gasteiger partial charge in [-0.25, -0.2) is 26.7 Å². The van der Waals surface area contributed by atoms with Crippen LogP contribution in [0.2, 0.25) is 5.02 Å². The van der Waals surface area contributed by atoms with E-state index in [1.165, 1.54) is 17.0 Å². The zero-order chi connectivity index (χ0) is 35.3. The number of benzene rings is 2. The van der Waals surface area contributed by atoms with Crippen LogP contribution in [0.4, 0.5) is 14.5 Å². The molecule has 0 atom stereocenters. The molecule has 2 aromatic heterocycles. The van der Waals surface area contributed by atoms with Crippen molar-refractivity contribution in [2.45, 2.75) is 60.6 Å². The van der Waals surface area contributed by atoms with Crippen molar-refractivity contribution in [3.05, 3.63) is 82.6 Å². The Morgan fingerprint density at radius 3 is 2.15 bits per heavy atom. The number of fused-ring (bicyclic) bond motifs is 1. The minimum atomic E-state index is -5.24. The number of hydrogen-bond acceptors (Lipinski definition) is 6. The highest BCUT2D eigenvalue weighted by Gasteiger charge is 2.58. The van der Waals surface area contributed by atoms with Crippen LogP contribution in [0.25, 0.3) is 22.2 Å². The van der Waals surface area contributed by atoms with Gasteiger partial charge in [-0.05, 0) is 42.3 Å². The Hall–Kier alpha value is -3.19. The van der Waals surface area contributed by atoms with Gasteiger partial charge < -0.3 is 14.4 Å². The molecule has 0 spiro atoms. The zero-order valence-electron chi connectivity index (χ0n) is 26.9. The second kappa shape index (κ2) is 12.7. The van der Waals surface area contributed by atoms with Gasteiger partial charge in [-0.1, -0.05) is 72.2 Å². The lowest BCUT2D eigenvalue weighted by molar-refractivity contribution is -0.188. The first kappa shape index (κ1) is 36.6. The Kier molecular flexibility index (Phi) is 9.89. The first-order valence-electron chi connectivity index (χ1n) is 14.6. The summed E-state index contributed by atoms with van der Waals surface area (Å²) in [6, 6.07) is 9.93. The summed E-state index contributed by atoms with van der Waals surface area (Å²) in [7, 11) is -9.24. The molecule has 47 heavy (non-hydrogen) atoms. The van der Waals surface area contributed by atoms with Crippen molar-refractivity contribution in [1.29, 1.82) is 0 Å². The number of ketones is 1. The molecule has 15 heteroatoms. The quantitative estimate of drug-likeness (QED) is 0.111.